The number of rotatable bonds is 63. The van der Waals surface area contributed by atoms with Crippen LogP contribution in [0.5, 0.6) is 0 Å². The molecule has 0 aromatic rings. The fourth-order valence-electron chi connectivity index (χ4n) is 11.5. The van der Waals surface area contributed by atoms with E-state index >= 15 is 0 Å². The second kappa shape index (κ2) is 64.5. The van der Waals surface area contributed by atoms with Crippen LogP contribution in [0.2, 0.25) is 15.8 Å². The van der Waals surface area contributed by atoms with Gasteiger partial charge in [-0.1, -0.05) is 422 Å². The Hall–Kier alpha value is 0.532. The van der Waals surface area contributed by atoms with Gasteiger partial charge < -0.3 is 0 Å². The Morgan fingerprint density at radius 3 is 0.313 bits per heavy atom. The van der Waals surface area contributed by atoms with Gasteiger partial charge in [0.25, 0.3) is 14.1 Å². The van der Waals surface area contributed by atoms with Crippen LogP contribution in [0.15, 0.2) is 0 Å². The summed E-state index contributed by atoms with van der Waals surface area (Å²) in [5.41, 5.74) is 0. The Labute approximate surface area is 433 Å². The molecule has 0 aliphatic heterocycles. The molecule has 0 aliphatic rings. The van der Waals surface area contributed by atoms with Crippen LogP contribution < -0.4 is 0 Å². The summed E-state index contributed by atoms with van der Waals surface area (Å²) >= 11 is -0.530. The van der Waals surface area contributed by atoms with Crippen molar-refractivity contribution in [3.63, 3.8) is 0 Å². The van der Waals surface area contributed by atoms with Gasteiger partial charge in [-0.25, -0.2) is 0 Å². The third-order valence-electron chi connectivity index (χ3n) is 16.4. The van der Waals surface area contributed by atoms with Crippen LogP contribution in [0.25, 0.3) is 0 Å². The minimum atomic E-state index is -0.530. The van der Waals surface area contributed by atoms with Gasteiger partial charge >= 0.3 is 0 Å². The zero-order valence-electron chi connectivity index (χ0n) is 48.1. The summed E-state index contributed by atoms with van der Waals surface area (Å²) in [6.45, 7) is 6.97. The Morgan fingerprint density at radius 2 is 0.209 bits per heavy atom. The predicted molar refractivity (Wildman–Crippen MR) is 314 cm³/mol. The highest BCUT2D eigenvalue weighted by Crippen LogP contribution is 2.23. The van der Waals surface area contributed by atoms with Crippen LogP contribution in [0, 0.1) is 0 Å². The normalized spacial score (nSPS) is 11.7. The molecule has 0 heterocycles. The van der Waals surface area contributed by atoms with E-state index in [1.807, 2.05) is 0 Å². The average molecular weight is 956 g/mol. The molecule has 1 heteroatoms. The summed E-state index contributed by atoms with van der Waals surface area (Å²) in [5.74, 6) is 0. The summed E-state index contributed by atoms with van der Waals surface area (Å²) in [6, 6.07) is 0. The van der Waals surface area contributed by atoms with E-state index in [1.54, 1.807) is 54.4 Å². The standard InChI is InChI=1S/3C22H45.Al/c3*1-3-5-7-9-11-13-15-17-19-21-22-20-18-16-14-12-10-8-6-4-2;/h3*1,3-22H2,2H3;. The van der Waals surface area contributed by atoms with Crippen LogP contribution >= 0.6 is 0 Å². The molecule has 0 spiro atoms. The number of hydrogen-bond donors (Lipinski definition) is 0. The maximum absolute atomic E-state index is 2.32. The van der Waals surface area contributed by atoms with Gasteiger partial charge in [0.15, 0.2) is 0 Å². The summed E-state index contributed by atoms with van der Waals surface area (Å²) in [4.78, 5) is 0. The Morgan fingerprint density at radius 1 is 0.119 bits per heavy atom. The van der Waals surface area contributed by atoms with Crippen LogP contribution in [-0.4, -0.2) is 14.1 Å². The SMILES string of the molecule is CCCCCCCCCCCCCCCCCCCCC[CH2][Al]([CH2]CCCCCCCCCCCCCCCCCCCCC)[CH2]CCCCCCCCCCCCCCCCCCCCC. The lowest BCUT2D eigenvalue weighted by Gasteiger charge is -2.12. The predicted octanol–water partition coefficient (Wildman–Crippen LogP) is 25.9. The Kier molecular flexibility index (Phi) is 65.1. The van der Waals surface area contributed by atoms with Crippen LogP contribution in [0.3, 0.4) is 0 Å². The fraction of sp³-hybridized carbons (Fsp3) is 1.00. The van der Waals surface area contributed by atoms with Gasteiger partial charge in [-0.2, -0.15) is 0 Å². The van der Waals surface area contributed by atoms with Crippen molar-refractivity contribution in [2.24, 2.45) is 0 Å². The van der Waals surface area contributed by atoms with E-state index in [9.17, 15) is 0 Å². The lowest BCUT2D eigenvalue weighted by molar-refractivity contribution is 0.522. The molecule has 0 saturated carbocycles. The smallest absolute Gasteiger partial charge is 0.0939 e. The van der Waals surface area contributed by atoms with E-state index in [2.05, 4.69) is 20.8 Å². The third kappa shape index (κ3) is 62.6. The molecule has 0 saturated heterocycles. The number of unbranched alkanes of at least 4 members (excludes halogenated alkanes) is 57. The fourth-order valence-corrected chi connectivity index (χ4v) is 15.0. The van der Waals surface area contributed by atoms with Crippen LogP contribution in [0.1, 0.15) is 406 Å². The van der Waals surface area contributed by atoms with E-state index in [1.165, 1.54) is 347 Å². The van der Waals surface area contributed by atoms with Crippen molar-refractivity contribution in [3.8, 4) is 0 Å². The summed E-state index contributed by atoms with van der Waals surface area (Å²) in [6.07, 6.45) is 89.8. The molecule has 0 aromatic heterocycles. The molecule has 0 bridgehead atoms. The quantitative estimate of drug-likeness (QED) is 0.0421. The van der Waals surface area contributed by atoms with Crippen LogP contribution in [-0.2, 0) is 0 Å². The second-order valence-electron chi connectivity index (χ2n) is 23.4. The molecular formula is C66H135Al. The highest BCUT2D eigenvalue weighted by atomic mass is 27.2. The molecule has 67 heavy (non-hydrogen) atoms. The van der Waals surface area contributed by atoms with Crippen molar-refractivity contribution in [1.29, 1.82) is 0 Å². The molecule has 0 nitrogen and oxygen atoms in total. The van der Waals surface area contributed by atoms with Crippen LogP contribution in [0.4, 0.5) is 0 Å². The van der Waals surface area contributed by atoms with Crippen molar-refractivity contribution in [1.82, 2.24) is 0 Å². The minimum Gasteiger partial charge on any atom is -0.0939 e. The maximum Gasteiger partial charge on any atom is 0.261 e. The molecule has 0 unspecified atom stereocenters. The Bertz CT molecular complexity index is 701. The van der Waals surface area contributed by atoms with Gasteiger partial charge in [0, 0.05) is 0 Å². The summed E-state index contributed by atoms with van der Waals surface area (Å²) in [7, 11) is 0. The average Bonchev–Trinajstić information content (AvgIpc) is 3.34. The first-order chi connectivity index (χ1) is 33.3. The molecule has 0 rings (SSSR count). The highest BCUT2D eigenvalue weighted by Gasteiger charge is 2.16. The summed E-state index contributed by atoms with van der Waals surface area (Å²) in [5, 5.41) is 5.03. The van der Waals surface area contributed by atoms with E-state index in [0.717, 1.165) is 0 Å². The van der Waals surface area contributed by atoms with Crippen molar-refractivity contribution in [2.75, 3.05) is 0 Å². The van der Waals surface area contributed by atoms with E-state index in [0.29, 0.717) is 0 Å². The monoisotopic (exact) mass is 955 g/mol. The third-order valence-corrected chi connectivity index (χ3v) is 20.1. The molecule has 0 radical (unpaired) electrons. The molecule has 0 atom stereocenters. The minimum absolute atomic E-state index is 0.530. The lowest BCUT2D eigenvalue weighted by atomic mass is 10.0. The van der Waals surface area contributed by atoms with Crippen molar-refractivity contribution < 1.29 is 0 Å². The molecule has 0 N–H and O–H groups in total. The van der Waals surface area contributed by atoms with Gasteiger partial charge in [0.05, 0.1) is 0 Å². The zero-order chi connectivity index (χ0) is 48.1. The first-order valence-electron chi connectivity index (χ1n) is 33.3. The molecule has 0 amide bonds. The first-order valence-corrected chi connectivity index (χ1v) is 35.8. The van der Waals surface area contributed by atoms with Gasteiger partial charge in [-0.3, -0.25) is 0 Å². The Balaban J connectivity index is 3.97. The van der Waals surface area contributed by atoms with E-state index < -0.39 is 14.1 Å². The first kappa shape index (κ1) is 67.5. The van der Waals surface area contributed by atoms with Gasteiger partial charge in [0.1, 0.15) is 0 Å². The molecule has 402 valence electrons. The highest BCUT2D eigenvalue weighted by molar-refractivity contribution is 6.58. The molecule has 0 aromatic carbocycles. The topological polar surface area (TPSA) is 0 Å². The largest absolute Gasteiger partial charge is 0.261 e. The summed E-state index contributed by atoms with van der Waals surface area (Å²) < 4.78 is 0. The molecule has 0 fully saturated rings. The molecule has 0 aliphatic carbocycles. The van der Waals surface area contributed by atoms with Crippen molar-refractivity contribution in [3.05, 3.63) is 0 Å². The second-order valence-corrected chi connectivity index (χ2v) is 26.8. The van der Waals surface area contributed by atoms with Crippen molar-refractivity contribution in [2.45, 2.75) is 422 Å². The van der Waals surface area contributed by atoms with E-state index in [4.69, 9.17) is 0 Å². The van der Waals surface area contributed by atoms with Gasteiger partial charge in [-0.05, 0) is 0 Å². The lowest BCUT2D eigenvalue weighted by Crippen LogP contribution is -2.12. The maximum atomic E-state index is 2.32. The van der Waals surface area contributed by atoms with Gasteiger partial charge in [-0.15, -0.1) is 0 Å². The zero-order valence-corrected chi connectivity index (χ0v) is 49.3. The number of hydrogen-bond acceptors (Lipinski definition) is 0. The molecular weight excluding hydrogens is 820 g/mol. The van der Waals surface area contributed by atoms with E-state index in [-0.39, 0.29) is 0 Å². The van der Waals surface area contributed by atoms with Gasteiger partial charge in [0.2, 0.25) is 0 Å². The van der Waals surface area contributed by atoms with Crippen molar-refractivity contribution >= 4 is 14.1 Å².